The van der Waals surface area contributed by atoms with Crippen LogP contribution >= 0.6 is 15.9 Å². The third-order valence-corrected chi connectivity index (χ3v) is 3.91. The van der Waals surface area contributed by atoms with Crippen LogP contribution in [0.2, 0.25) is 0 Å². The Morgan fingerprint density at radius 1 is 1.45 bits per heavy atom. The van der Waals surface area contributed by atoms with E-state index >= 15 is 0 Å². The van der Waals surface area contributed by atoms with Gasteiger partial charge < -0.3 is 11.1 Å². The number of amides is 1. The van der Waals surface area contributed by atoms with Gasteiger partial charge in [-0.3, -0.25) is 9.89 Å². The number of aryl methyl sites for hydroxylation is 1. The van der Waals surface area contributed by atoms with Crippen molar-refractivity contribution in [3.63, 3.8) is 0 Å². The summed E-state index contributed by atoms with van der Waals surface area (Å²) >= 11 is 3.40. The van der Waals surface area contributed by atoms with Crippen LogP contribution < -0.4 is 11.1 Å². The number of nitrogens with two attached hydrogens (primary N) is 1. The zero-order valence-electron chi connectivity index (χ0n) is 11.0. The predicted octanol–water partition coefficient (Wildman–Crippen LogP) is 3.19. The van der Waals surface area contributed by atoms with Gasteiger partial charge in [0.25, 0.3) is 5.91 Å². The summed E-state index contributed by atoms with van der Waals surface area (Å²) in [5.41, 5.74) is 9.48. The number of hydrogen-bond donors (Lipinski definition) is 3. The van der Waals surface area contributed by atoms with E-state index < -0.39 is 0 Å². The maximum absolute atomic E-state index is 12.2. The molecule has 3 rings (SSSR count). The molecule has 0 saturated heterocycles. The summed E-state index contributed by atoms with van der Waals surface area (Å²) in [5, 5.41) is 9.78. The molecule has 20 heavy (non-hydrogen) atoms. The molecule has 4 N–H and O–H groups in total. The van der Waals surface area contributed by atoms with Gasteiger partial charge in [0.2, 0.25) is 0 Å². The fourth-order valence-corrected chi connectivity index (χ4v) is 2.67. The van der Waals surface area contributed by atoms with Gasteiger partial charge in [0, 0.05) is 16.1 Å². The van der Waals surface area contributed by atoms with Crippen molar-refractivity contribution in [1.82, 2.24) is 10.2 Å². The lowest BCUT2D eigenvalue weighted by Gasteiger charge is -2.10. The number of anilines is 2. The normalized spacial score (nSPS) is 14.3. The second-order valence-electron chi connectivity index (χ2n) is 5.12. The first kappa shape index (κ1) is 13.2. The molecule has 0 spiro atoms. The number of rotatable bonds is 3. The Kier molecular flexibility index (Phi) is 3.25. The van der Waals surface area contributed by atoms with Gasteiger partial charge in [0.15, 0.2) is 5.69 Å². The molecule has 1 saturated carbocycles. The molecule has 1 aliphatic rings. The molecule has 1 aromatic carbocycles. The Balaban J connectivity index is 1.81. The van der Waals surface area contributed by atoms with Crippen molar-refractivity contribution >= 4 is 33.2 Å². The molecule has 6 heteroatoms. The molecular formula is C14H15BrN4O. The van der Waals surface area contributed by atoms with E-state index in [0.717, 1.165) is 15.7 Å². The molecule has 0 bridgehead atoms. The number of H-pyrrole nitrogens is 1. The van der Waals surface area contributed by atoms with Gasteiger partial charge in [0.1, 0.15) is 0 Å². The Hall–Kier alpha value is -1.82. The maximum atomic E-state index is 12.2. The minimum absolute atomic E-state index is 0.252. The van der Waals surface area contributed by atoms with Crippen LogP contribution in [-0.4, -0.2) is 16.1 Å². The zero-order valence-corrected chi connectivity index (χ0v) is 12.6. The van der Waals surface area contributed by atoms with E-state index in [9.17, 15) is 4.79 Å². The molecule has 1 fully saturated rings. The lowest BCUT2D eigenvalue weighted by Crippen LogP contribution is -2.14. The van der Waals surface area contributed by atoms with Gasteiger partial charge in [-0.2, -0.15) is 5.10 Å². The number of benzene rings is 1. The van der Waals surface area contributed by atoms with E-state index in [-0.39, 0.29) is 5.91 Å². The second-order valence-corrected chi connectivity index (χ2v) is 6.04. The summed E-state index contributed by atoms with van der Waals surface area (Å²) in [6, 6.07) is 5.51. The van der Waals surface area contributed by atoms with E-state index in [2.05, 4.69) is 31.4 Å². The van der Waals surface area contributed by atoms with Crippen LogP contribution in [0.5, 0.6) is 0 Å². The van der Waals surface area contributed by atoms with Crippen molar-refractivity contribution < 1.29 is 4.79 Å². The molecular weight excluding hydrogens is 320 g/mol. The van der Waals surface area contributed by atoms with Crippen LogP contribution in [-0.2, 0) is 0 Å². The zero-order chi connectivity index (χ0) is 14.3. The van der Waals surface area contributed by atoms with Crippen LogP contribution in [0, 0.1) is 6.92 Å². The standard InChI is InChI=1S/C14H15BrN4O/c1-7-4-9(15)5-11(13(7)16)17-14(20)12-6-10(18-19-12)8-2-3-8/h4-6,8H,2-3,16H2,1H3,(H,17,20)(H,18,19). The number of nitrogens with one attached hydrogen (secondary N) is 2. The van der Waals surface area contributed by atoms with Crippen LogP contribution in [0.15, 0.2) is 22.7 Å². The highest BCUT2D eigenvalue weighted by molar-refractivity contribution is 9.10. The van der Waals surface area contributed by atoms with Gasteiger partial charge >= 0.3 is 0 Å². The summed E-state index contributed by atoms with van der Waals surface area (Å²) in [7, 11) is 0. The van der Waals surface area contributed by atoms with Gasteiger partial charge in [-0.25, -0.2) is 0 Å². The highest BCUT2D eigenvalue weighted by Gasteiger charge is 2.26. The number of aromatic nitrogens is 2. The highest BCUT2D eigenvalue weighted by atomic mass is 79.9. The summed E-state index contributed by atoms with van der Waals surface area (Å²) in [6.45, 7) is 1.90. The summed E-state index contributed by atoms with van der Waals surface area (Å²) < 4.78 is 0.875. The van der Waals surface area contributed by atoms with Gasteiger partial charge in [-0.15, -0.1) is 0 Å². The molecule has 0 aliphatic heterocycles. The average Bonchev–Trinajstić information content (AvgIpc) is 3.13. The number of aromatic amines is 1. The number of carbonyl (C=O) groups is 1. The molecule has 1 aliphatic carbocycles. The third kappa shape index (κ3) is 2.56. The first-order valence-electron chi connectivity index (χ1n) is 6.47. The van der Waals surface area contributed by atoms with Crippen molar-refractivity contribution in [2.24, 2.45) is 0 Å². The maximum Gasteiger partial charge on any atom is 0.276 e. The Morgan fingerprint density at radius 2 is 2.20 bits per heavy atom. The molecule has 1 amide bonds. The van der Waals surface area contributed by atoms with E-state index in [0.29, 0.717) is 23.0 Å². The fourth-order valence-electron chi connectivity index (χ4n) is 2.10. The quantitative estimate of drug-likeness (QED) is 0.753. The Labute approximate surface area is 125 Å². The molecule has 5 nitrogen and oxygen atoms in total. The van der Waals surface area contributed by atoms with E-state index in [1.165, 1.54) is 12.8 Å². The summed E-state index contributed by atoms with van der Waals surface area (Å²) in [5.74, 6) is 0.291. The van der Waals surface area contributed by atoms with Crippen LogP contribution in [0.4, 0.5) is 11.4 Å². The van der Waals surface area contributed by atoms with E-state index in [1.54, 1.807) is 6.07 Å². The lowest BCUT2D eigenvalue weighted by molar-refractivity contribution is 0.102. The van der Waals surface area contributed by atoms with Crippen LogP contribution in [0.3, 0.4) is 0 Å². The Morgan fingerprint density at radius 3 is 2.90 bits per heavy atom. The third-order valence-electron chi connectivity index (χ3n) is 3.45. The number of hydrogen-bond acceptors (Lipinski definition) is 3. The Bertz CT molecular complexity index is 676. The highest BCUT2D eigenvalue weighted by Crippen LogP contribution is 2.39. The molecule has 104 valence electrons. The average molecular weight is 335 g/mol. The van der Waals surface area contributed by atoms with Crippen LogP contribution in [0.1, 0.15) is 40.5 Å². The summed E-state index contributed by atoms with van der Waals surface area (Å²) in [6.07, 6.45) is 2.34. The molecule has 1 aromatic heterocycles. The van der Waals surface area contributed by atoms with Gasteiger partial charge in [-0.1, -0.05) is 15.9 Å². The molecule has 0 unspecified atom stereocenters. The largest absolute Gasteiger partial charge is 0.397 e. The van der Waals surface area contributed by atoms with Gasteiger partial charge in [-0.05, 0) is 43.5 Å². The minimum atomic E-state index is -0.252. The van der Waals surface area contributed by atoms with E-state index in [1.807, 2.05) is 19.1 Å². The first-order chi connectivity index (χ1) is 9.54. The molecule has 2 aromatic rings. The predicted molar refractivity (Wildman–Crippen MR) is 81.8 cm³/mol. The lowest BCUT2D eigenvalue weighted by atomic mass is 10.1. The smallest absolute Gasteiger partial charge is 0.276 e. The first-order valence-corrected chi connectivity index (χ1v) is 7.26. The van der Waals surface area contributed by atoms with Crippen molar-refractivity contribution in [2.45, 2.75) is 25.7 Å². The number of carbonyl (C=O) groups excluding carboxylic acids is 1. The number of halogens is 1. The molecule has 0 atom stereocenters. The van der Waals surface area contributed by atoms with Gasteiger partial charge in [0.05, 0.1) is 11.4 Å². The van der Waals surface area contributed by atoms with Crippen molar-refractivity contribution in [1.29, 1.82) is 0 Å². The van der Waals surface area contributed by atoms with E-state index in [4.69, 9.17) is 5.73 Å². The van der Waals surface area contributed by atoms with Crippen molar-refractivity contribution in [2.75, 3.05) is 11.1 Å². The minimum Gasteiger partial charge on any atom is -0.397 e. The monoisotopic (exact) mass is 334 g/mol. The fraction of sp³-hybridized carbons (Fsp3) is 0.286. The SMILES string of the molecule is Cc1cc(Br)cc(NC(=O)c2cc(C3CC3)[nH]n2)c1N. The van der Waals surface area contributed by atoms with Crippen molar-refractivity contribution in [3.05, 3.63) is 39.6 Å². The second kappa shape index (κ2) is 4.94. The molecule has 1 heterocycles. The molecule has 0 radical (unpaired) electrons. The number of nitrogen functional groups attached to an aromatic ring is 1. The number of nitrogens with zero attached hydrogens (tertiary/aromatic N) is 1. The van der Waals surface area contributed by atoms with Crippen molar-refractivity contribution in [3.8, 4) is 0 Å². The summed E-state index contributed by atoms with van der Waals surface area (Å²) in [4.78, 5) is 12.2. The topological polar surface area (TPSA) is 83.8 Å². The van der Waals surface area contributed by atoms with Crippen LogP contribution in [0.25, 0.3) is 0 Å².